The first kappa shape index (κ1) is 15.1. The van der Waals surface area contributed by atoms with Gasteiger partial charge in [-0.1, -0.05) is 12.1 Å². The molecule has 1 aromatic carbocycles. The molecule has 0 saturated carbocycles. The Morgan fingerprint density at radius 1 is 1.25 bits per heavy atom. The van der Waals surface area contributed by atoms with Gasteiger partial charge in [0.05, 0.1) is 12.7 Å². The summed E-state index contributed by atoms with van der Waals surface area (Å²) in [6.45, 7) is 4.47. The molecule has 0 aliphatic carbocycles. The smallest absolute Gasteiger partial charge is 0.419 e. The SMILES string of the molecule is COc1c(CCN2CCNCC2)cccc1C(F)(F)F. The van der Waals surface area contributed by atoms with Crippen molar-refractivity contribution in [1.82, 2.24) is 10.2 Å². The molecular formula is C14H19F3N2O. The predicted molar refractivity (Wildman–Crippen MR) is 71.0 cm³/mol. The van der Waals surface area contributed by atoms with Crippen molar-refractivity contribution in [3.05, 3.63) is 29.3 Å². The quantitative estimate of drug-likeness (QED) is 0.919. The summed E-state index contributed by atoms with van der Waals surface area (Å²) in [5.41, 5.74) is -0.0846. The minimum atomic E-state index is -4.38. The Morgan fingerprint density at radius 2 is 1.95 bits per heavy atom. The molecule has 0 amide bonds. The fourth-order valence-corrected chi connectivity index (χ4v) is 2.46. The summed E-state index contributed by atoms with van der Waals surface area (Å²) in [7, 11) is 1.29. The number of rotatable bonds is 4. The Balaban J connectivity index is 2.10. The fraction of sp³-hybridized carbons (Fsp3) is 0.571. The second kappa shape index (κ2) is 6.45. The zero-order chi connectivity index (χ0) is 14.6. The molecule has 0 unspecified atom stereocenters. The fourth-order valence-electron chi connectivity index (χ4n) is 2.46. The van der Waals surface area contributed by atoms with Crippen LogP contribution in [-0.2, 0) is 12.6 Å². The van der Waals surface area contributed by atoms with Crippen molar-refractivity contribution >= 4 is 0 Å². The minimum Gasteiger partial charge on any atom is -0.496 e. The number of para-hydroxylation sites is 1. The molecule has 112 valence electrons. The maximum absolute atomic E-state index is 12.9. The molecule has 0 radical (unpaired) electrons. The lowest BCUT2D eigenvalue weighted by atomic mass is 10.0. The van der Waals surface area contributed by atoms with Gasteiger partial charge in [0.1, 0.15) is 5.75 Å². The van der Waals surface area contributed by atoms with Gasteiger partial charge in [-0.05, 0) is 18.1 Å². The molecule has 1 aromatic rings. The Kier molecular flexibility index (Phi) is 4.88. The van der Waals surface area contributed by atoms with Crippen molar-refractivity contribution < 1.29 is 17.9 Å². The average molecular weight is 288 g/mol. The Hall–Kier alpha value is -1.27. The van der Waals surface area contributed by atoms with Crippen molar-refractivity contribution in [3.8, 4) is 5.75 Å². The predicted octanol–water partition coefficient (Wildman–Crippen LogP) is 2.16. The lowest BCUT2D eigenvalue weighted by Gasteiger charge is -2.27. The van der Waals surface area contributed by atoms with E-state index in [9.17, 15) is 13.2 Å². The molecule has 1 heterocycles. The monoisotopic (exact) mass is 288 g/mol. The van der Waals surface area contributed by atoms with E-state index in [1.54, 1.807) is 6.07 Å². The van der Waals surface area contributed by atoms with Crippen molar-refractivity contribution in [3.63, 3.8) is 0 Å². The van der Waals surface area contributed by atoms with Gasteiger partial charge in [0, 0.05) is 32.7 Å². The zero-order valence-electron chi connectivity index (χ0n) is 11.5. The van der Waals surface area contributed by atoms with Gasteiger partial charge in [-0.3, -0.25) is 0 Å². The zero-order valence-corrected chi connectivity index (χ0v) is 11.5. The van der Waals surface area contributed by atoms with Crippen LogP contribution in [0.2, 0.25) is 0 Å². The van der Waals surface area contributed by atoms with Crippen LogP contribution in [0.1, 0.15) is 11.1 Å². The first-order chi connectivity index (χ1) is 9.52. The number of nitrogens with one attached hydrogen (secondary N) is 1. The van der Waals surface area contributed by atoms with Gasteiger partial charge in [-0.2, -0.15) is 13.2 Å². The van der Waals surface area contributed by atoms with Crippen LogP contribution in [-0.4, -0.2) is 44.7 Å². The van der Waals surface area contributed by atoms with E-state index in [4.69, 9.17) is 4.74 Å². The van der Waals surface area contributed by atoms with E-state index in [1.807, 2.05) is 0 Å². The third kappa shape index (κ3) is 3.64. The molecule has 6 heteroatoms. The van der Waals surface area contributed by atoms with E-state index in [2.05, 4.69) is 10.2 Å². The molecule has 1 fully saturated rings. The third-order valence-electron chi connectivity index (χ3n) is 3.51. The molecule has 0 aromatic heterocycles. The number of hydrogen-bond acceptors (Lipinski definition) is 3. The molecule has 0 bridgehead atoms. The highest BCUT2D eigenvalue weighted by Gasteiger charge is 2.35. The Morgan fingerprint density at radius 3 is 2.55 bits per heavy atom. The van der Waals surface area contributed by atoms with E-state index >= 15 is 0 Å². The molecule has 1 aliphatic heterocycles. The molecule has 1 saturated heterocycles. The topological polar surface area (TPSA) is 24.5 Å². The molecule has 20 heavy (non-hydrogen) atoms. The van der Waals surface area contributed by atoms with E-state index < -0.39 is 11.7 Å². The van der Waals surface area contributed by atoms with Gasteiger partial charge in [-0.15, -0.1) is 0 Å². The van der Waals surface area contributed by atoms with Crippen LogP contribution >= 0.6 is 0 Å². The van der Waals surface area contributed by atoms with Crippen LogP contribution in [0.5, 0.6) is 5.75 Å². The minimum absolute atomic E-state index is 0.0462. The Labute approximate surface area is 116 Å². The summed E-state index contributed by atoms with van der Waals surface area (Å²) in [6, 6.07) is 4.21. The molecule has 1 aliphatic rings. The van der Waals surface area contributed by atoms with Gasteiger partial charge in [0.15, 0.2) is 0 Å². The third-order valence-corrected chi connectivity index (χ3v) is 3.51. The number of alkyl halides is 3. The number of ether oxygens (including phenoxy) is 1. The van der Waals surface area contributed by atoms with E-state index in [0.29, 0.717) is 12.0 Å². The Bertz CT molecular complexity index is 443. The molecular weight excluding hydrogens is 269 g/mol. The van der Waals surface area contributed by atoms with Crippen molar-refractivity contribution in [1.29, 1.82) is 0 Å². The highest BCUT2D eigenvalue weighted by atomic mass is 19.4. The normalized spacial score (nSPS) is 17.2. The van der Waals surface area contributed by atoms with E-state index in [1.165, 1.54) is 13.2 Å². The van der Waals surface area contributed by atoms with E-state index in [0.717, 1.165) is 38.8 Å². The van der Waals surface area contributed by atoms with Crippen LogP contribution in [0.15, 0.2) is 18.2 Å². The van der Waals surface area contributed by atoms with Gasteiger partial charge in [-0.25, -0.2) is 0 Å². The summed E-state index contributed by atoms with van der Waals surface area (Å²) in [4.78, 5) is 2.25. The van der Waals surface area contributed by atoms with Crippen LogP contribution in [0.25, 0.3) is 0 Å². The number of piperazine rings is 1. The number of halogens is 3. The average Bonchev–Trinajstić information content (AvgIpc) is 2.44. The number of hydrogen-bond donors (Lipinski definition) is 1. The molecule has 2 rings (SSSR count). The van der Waals surface area contributed by atoms with Crippen LogP contribution in [0, 0.1) is 0 Å². The number of nitrogens with zero attached hydrogens (tertiary/aromatic N) is 1. The van der Waals surface area contributed by atoms with Gasteiger partial charge < -0.3 is 15.0 Å². The van der Waals surface area contributed by atoms with Crippen LogP contribution in [0.3, 0.4) is 0 Å². The largest absolute Gasteiger partial charge is 0.496 e. The lowest BCUT2D eigenvalue weighted by molar-refractivity contribution is -0.138. The first-order valence-electron chi connectivity index (χ1n) is 6.68. The summed E-state index contributed by atoms with van der Waals surface area (Å²) >= 11 is 0. The van der Waals surface area contributed by atoms with E-state index in [-0.39, 0.29) is 5.75 Å². The summed E-state index contributed by atoms with van der Waals surface area (Å²) in [6.07, 6.45) is -3.82. The highest BCUT2D eigenvalue weighted by molar-refractivity contribution is 5.43. The summed E-state index contributed by atoms with van der Waals surface area (Å²) in [5.74, 6) is -0.0462. The number of benzene rings is 1. The maximum atomic E-state index is 12.9. The van der Waals surface area contributed by atoms with Crippen LogP contribution in [0.4, 0.5) is 13.2 Å². The molecule has 1 N–H and O–H groups in total. The second-order valence-electron chi connectivity index (χ2n) is 4.84. The lowest BCUT2D eigenvalue weighted by Crippen LogP contribution is -2.44. The molecule has 0 spiro atoms. The summed E-state index contributed by atoms with van der Waals surface area (Å²) < 4.78 is 43.7. The first-order valence-corrected chi connectivity index (χ1v) is 6.68. The van der Waals surface area contributed by atoms with Gasteiger partial charge >= 0.3 is 6.18 Å². The standard InChI is InChI=1S/C14H19F3N2O/c1-20-13-11(3-2-4-12(13)14(15,16)17)5-8-19-9-6-18-7-10-19/h2-4,18H,5-10H2,1H3. The highest BCUT2D eigenvalue weighted by Crippen LogP contribution is 2.38. The summed E-state index contributed by atoms with van der Waals surface area (Å²) in [5, 5.41) is 3.25. The molecule has 3 nitrogen and oxygen atoms in total. The molecule has 0 atom stereocenters. The van der Waals surface area contributed by atoms with Crippen molar-refractivity contribution in [2.24, 2.45) is 0 Å². The van der Waals surface area contributed by atoms with Gasteiger partial charge in [0.2, 0.25) is 0 Å². The van der Waals surface area contributed by atoms with Gasteiger partial charge in [0.25, 0.3) is 0 Å². The van der Waals surface area contributed by atoms with Crippen molar-refractivity contribution in [2.75, 3.05) is 39.8 Å². The van der Waals surface area contributed by atoms with Crippen LogP contribution < -0.4 is 10.1 Å². The maximum Gasteiger partial charge on any atom is 0.419 e. The second-order valence-corrected chi connectivity index (χ2v) is 4.84. The number of methoxy groups -OCH3 is 1. The van der Waals surface area contributed by atoms with Crippen molar-refractivity contribution in [2.45, 2.75) is 12.6 Å².